The zero-order valence-electron chi connectivity index (χ0n) is 13.5. The molecule has 118 valence electrons. The summed E-state index contributed by atoms with van der Waals surface area (Å²) in [6, 6.07) is 8.26. The number of ether oxygens (including phenoxy) is 1. The first-order chi connectivity index (χ1) is 10.6. The number of aryl methyl sites for hydroxylation is 1. The lowest BCUT2D eigenvalue weighted by Crippen LogP contribution is -2.50. The molecule has 0 amide bonds. The molecule has 0 spiro atoms. The molecule has 6 heteroatoms. The fraction of sp³-hybridized carbons (Fsp3) is 0.562. The first-order valence-corrected chi connectivity index (χ1v) is 7.84. The minimum atomic E-state index is -0.197. The van der Waals surface area contributed by atoms with Crippen LogP contribution in [0.15, 0.2) is 24.3 Å². The van der Waals surface area contributed by atoms with Crippen LogP contribution in [0.2, 0.25) is 0 Å². The Morgan fingerprint density at radius 1 is 1.27 bits per heavy atom. The van der Waals surface area contributed by atoms with Crippen molar-refractivity contribution in [2.45, 2.75) is 32.7 Å². The Kier molecular flexibility index (Phi) is 4.22. The van der Waals surface area contributed by atoms with Crippen LogP contribution in [-0.2, 0) is 10.3 Å². The average Bonchev–Trinajstić information content (AvgIpc) is 3.05. The molecule has 1 aromatic carbocycles. The number of nitrogens with zero attached hydrogens (tertiary/aromatic N) is 5. The first-order valence-electron chi connectivity index (χ1n) is 7.84. The molecule has 0 aliphatic carbocycles. The highest BCUT2D eigenvalue weighted by Crippen LogP contribution is 2.31. The molecule has 1 aliphatic heterocycles. The fourth-order valence-corrected chi connectivity index (χ4v) is 3.04. The van der Waals surface area contributed by atoms with E-state index in [1.165, 1.54) is 5.56 Å². The lowest BCUT2D eigenvalue weighted by molar-refractivity contribution is -0.0240. The summed E-state index contributed by atoms with van der Waals surface area (Å²) in [6.07, 6.45) is 0.944. The van der Waals surface area contributed by atoms with Crippen LogP contribution in [0.25, 0.3) is 5.69 Å². The molecule has 22 heavy (non-hydrogen) atoms. The van der Waals surface area contributed by atoms with E-state index >= 15 is 0 Å². The summed E-state index contributed by atoms with van der Waals surface area (Å²) in [7, 11) is 0. The summed E-state index contributed by atoms with van der Waals surface area (Å²) in [5.74, 6) is 0.891. The summed E-state index contributed by atoms with van der Waals surface area (Å²) in [6.45, 7) is 9.83. The smallest absolute Gasteiger partial charge is 0.176 e. The predicted octanol–water partition coefficient (Wildman–Crippen LogP) is 1.93. The molecule has 1 fully saturated rings. The summed E-state index contributed by atoms with van der Waals surface area (Å²) in [5.41, 5.74) is 2.01. The highest BCUT2D eigenvalue weighted by Gasteiger charge is 2.38. The Morgan fingerprint density at radius 3 is 2.73 bits per heavy atom. The lowest BCUT2D eigenvalue weighted by atomic mass is 9.94. The van der Waals surface area contributed by atoms with Gasteiger partial charge in [0.05, 0.1) is 24.4 Å². The maximum absolute atomic E-state index is 5.49. The maximum Gasteiger partial charge on any atom is 0.176 e. The molecule has 0 saturated carbocycles. The number of morpholine rings is 1. The van der Waals surface area contributed by atoms with Crippen molar-refractivity contribution in [1.29, 1.82) is 0 Å². The normalized spacial score (nSPS) is 19.0. The molecular weight excluding hydrogens is 278 g/mol. The summed E-state index contributed by atoms with van der Waals surface area (Å²) in [4.78, 5) is 2.43. The third-order valence-electron chi connectivity index (χ3n) is 4.59. The average molecular weight is 301 g/mol. The highest BCUT2D eigenvalue weighted by molar-refractivity contribution is 5.35. The molecule has 3 rings (SSSR count). The molecule has 0 bridgehead atoms. The van der Waals surface area contributed by atoms with Gasteiger partial charge in [-0.3, -0.25) is 4.90 Å². The fourth-order valence-electron chi connectivity index (χ4n) is 3.04. The van der Waals surface area contributed by atoms with Crippen molar-refractivity contribution in [3.05, 3.63) is 35.7 Å². The van der Waals surface area contributed by atoms with Crippen LogP contribution in [0.3, 0.4) is 0 Å². The molecule has 1 aliphatic rings. The van der Waals surface area contributed by atoms with Gasteiger partial charge in [-0.25, -0.2) is 0 Å². The van der Waals surface area contributed by atoms with Crippen molar-refractivity contribution in [2.24, 2.45) is 0 Å². The number of tetrazole rings is 1. The van der Waals surface area contributed by atoms with Gasteiger partial charge in [0.15, 0.2) is 5.82 Å². The molecule has 2 aromatic rings. The molecule has 0 radical (unpaired) electrons. The maximum atomic E-state index is 5.49. The van der Waals surface area contributed by atoms with E-state index < -0.39 is 0 Å². The van der Waals surface area contributed by atoms with E-state index in [4.69, 9.17) is 4.74 Å². The predicted molar refractivity (Wildman–Crippen MR) is 83.9 cm³/mol. The van der Waals surface area contributed by atoms with Crippen molar-refractivity contribution in [1.82, 2.24) is 25.1 Å². The molecule has 0 N–H and O–H groups in total. The van der Waals surface area contributed by atoms with E-state index in [1.807, 2.05) is 16.8 Å². The van der Waals surface area contributed by atoms with E-state index in [0.717, 1.165) is 44.2 Å². The number of hydrogen-bond donors (Lipinski definition) is 0. The van der Waals surface area contributed by atoms with Crippen molar-refractivity contribution >= 4 is 0 Å². The standard InChI is InChI=1S/C16H23N5O/c1-4-16(3,20-8-10-22-11-9-20)15-17-18-19-21(15)14-7-5-6-13(2)12-14/h5-7,12H,4,8-11H2,1-3H3. The molecule has 1 saturated heterocycles. The molecule has 1 atom stereocenters. The van der Waals surface area contributed by atoms with Gasteiger partial charge in [-0.1, -0.05) is 19.1 Å². The van der Waals surface area contributed by atoms with Crippen molar-refractivity contribution in [2.75, 3.05) is 26.3 Å². The number of hydrogen-bond acceptors (Lipinski definition) is 5. The van der Waals surface area contributed by atoms with Crippen molar-refractivity contribution in [3.63, 3.8) is 0 Å². The van der Waals surface area contributed by atoms with Gasteiger partial charge in [-0.05, 0) is 48.4 Å². The third kappa shape index (κ3) is 2.64. The second kappa shape index (κ2) is 6.14. The largest absolute Gasteiger partial charge is 0.379 e. The molecule has 6 nitrogen and oxygen atoms in total. The third-order valence-corrected chi connectivity index (χ3v) is 4.59. The van der Waals surface area contributed by atoms with E-state index in [9.17, 15) is 0 Å². The second-order valence-corrected chi connectivity index (χ2v) is 5.98. The van der Waals surface area contributed by atoms with Crippen LogP contribution in [-0.4, -0.2) is 51.4 Å². The number of benzene rings is 1. The van der Waals surface area contributed by atoms with Gasteiger partial charge in [-0.15, -0.1) is 5.10 Å². The van der Waals surface area contributed by atoms with Gasteiger partial charge in [0.25, 0.3) is 0 Å². The van der Waals surface area contributed by atoms with Crippen molar-refractivity contribution in [3.8, 4) is 5.69 Å². The van der Waals surface area contributed by atoms with E-state index in [-0.39, 0.29) is 5.54 Å². The molecule has 2 heterocycles. The first kappa shape index (κ1) is 15.1. The molecule has 1 aromatic heterocycles. The minimum Gasteiger partial charge on any atom is -0.379 e. The Hall–Kier alpha value is -1.79. The van der Waals surface area contributed by atoms with Gasteiger partial charge in [0.2, 0.25) is 0 Å². The monoisotopic (exact) mass is 301 g/mol. The van der Waals surface area contributed by atoms with Crippen LogP contribution >= 0.6 is 0 Å². The molecular formula is C16H23N5O. The van der Waals surface area contributed by atoms with E-state index in [2.05, 4.69) is 53.3 Å². The Morgan fingerprint density at radius 2 is 2.05 bits per heavy atom. The summed E-state index contributed by atoms with van der Waals surface area (Å²) in [5, 5.41) is 12.5. The topological polar surface area (TPSA) is 56.1 Å². The summed E-state index contributed by atoms with van der Waals surface area (Å²) < 4.78 is 7.35. The second-order valence-electron chi connectivity index (χ2n) is 5.98. The Bertz CT molecular complexity index is 635. The number of aromatic nitrogens is 4. The number of rotatable bonds is 4. The van der Waals surface area contributed by atoms with E-state index in [1.54, 1.807) is 0 Å². The highest BCUT2D eigenvalue weighted by atomic mass is 16.5. The van der Waals surface area contributed by atoms with Crippen LogP contribution in [0.1, 0.15) is 31.7 Å². The van der Waals surface area contributed by atoms with Gasteiger partial charge >= 0.3 is 0 Å². The Balaban J connectivity index is 2.01. The zero-order valence-corrected chi connectivity index (χ0v) is 13.5. The SMILES string of the molecule is CCC(C)(c1nnnn1-c1cccc(C)c1)N1CCOCC1. The zero-order chi connectivity index (χ0) is 15.6. The van der Waals surface area contributed by atoms with Gasteiger partial charge in [0, 0.05) is 13.1 Å². The van der Waals surface area contributed by atoms with Crippen LogP contribution in [0.5, 0.6) is 0 Å². The Labute approximate surface area is 131 Å². The van der Waals surface area contributed by atoms with Crippen LogP contribution in [0, 0.1) is 6.92 Å². The van der Waals surface area contributed by atoms with Crippen LogP contribution in [0.4, 0.5) is 0 Å². The van der Waals surface area contributed by atoms with Gasteiger partial charge in [-0.2, -0.15) is 4.68 Å². The lowest BCUT2D eigenvalue weighted by Gasteiger charge is -2.41. The van der Waals surface area contributed by atoms with Gasteiger partial charge < -0.3 is 4.74 Å². The quantitative estimate of drug-likeness (QED) is 0.863. The summed E-state index contributed by atoms with van der Waals surface area (Å²) >= 11 is 0. The van der Waals surface area contributed by atoms with E-state index in [0.29, 0.717) is 0 Å². The van der Waals surface area contributed by atoms with Crippen molar-refractivity contribution < 1.29 is 4.74 Å². The van der Waals surface area contributed by atoms with Gasteiger partial charge in [0.1, 0.15) is 0 Å². The van der Waals surface area contributed by atoms with Crippen LogP contribution < -0.4 is 0 Å². The molecule has 1 unspecified atom stereocenters. The minimum absolute atomic E-state index is 0.197.